The first-order valence-electron chi connectivity index (χ1n) is 9.41. The molecule has 4 aromatic rings. The summed E-state index contributed by atoms with van der Waals surface area (Å²) in [5, 5.41) is 13.9. The molecular formula is C23H19N3O3S. The Morgan fingerprint density at radius 3 is 2.63 bits per heavy atom. The van der Waals surface area contributed by atoms with Crippen molar-refractivity contribution in [1.82, 2.24) is 9.88 Å². The number of amides is 1. The third-order valence-electron chi connectivity index (χ3n) is 5.18. The van der Waals surface area contributed by atoms with E-state index in [1.54, 1.807) is 35.4 Å². The molecule has 150 valence electrons. The average molecular weight is 417 g/mol. The fourth-order valence-corrected chi connectivity index (χ4v) is 4.08. The van der Waals surface area contributed by atoms with Crippen molar-refractivity contribution in [2.24, 2.45) is 0 Å². The molecule has 0 spiro atoms. The maximum atomic E-state index is 13.5. The number of nitrogens with zero attached hydrogens (tertiary/aromatic N) is 3. The van der Waals surface area contributed by atoms with Crippen LogP contribution in [0.4, 0.5) is 5.69 Å². The molecular weight excluding hydrogens is 398 g/mol. The molecule has 0 saturated carbocycles. The van der Waals surface area contributed by atoms with Crippen LogP contribution in [0.1, 0.15) is 28.9 Å². The van der Waals surface area contributed by atoms with Crippen LogP contribution >= 0.6 is 11.3 Å². The van der Waals surface area contributed by atoms with Gasteiger partial charge in [0.25, 0.3) is 11.6 Å². The first-order valence-corrected chi connectivity index (χ1v) is 10.3. The maximum absolute atomic E-state index is 13.5. The number of hydrogen-bond donors (Lipinski definition) is 0. The SMILES string of the molecule is CC(c1cccc([N+](=O)[O-])c1)N(C)C(=O)c1cc(-c2cccs2)nc2ccccc12. The molecule has 6 nitrogen and oxygen atoms in total. The zero-order valence-electron chi connectivity index (χ0n) is 16.5. The van der Waals surface area contributed by atoms with Gasteiger partial charge in [0, 0.05) is 24.6 Å². The fourth-order valence-electron chi connectivity index (χ4n) is 3.39. The van der Waals surface area contributed by atoms with Gasteiger partial charge in [0.2, 0.25) is 0 Å². The van der Waals surface area contributed by atoms with Gasteiger partial charge in [0.05, 0.1) is 32.6 Å². The van der Waals surface area contributed by atoms with Crippen molar-refractivity contribution >= 4 is 33.8 Å². The molecule has 1 unspecified atom stereocenters. The highest BCUT2D eigenvalue weighted by Crippen LogP contribution is 2.30. The van der Waals surface area contributed by atoms with Gasteiger partial charge in [0.1, 0.15) is 0 Å². The van der Waals surface area contributed by atoms with Gasteiger partial charge in [-0.2, -0.15) is 0 Å². The van der Waals surface area contributed by atoms with Crippen molar-refractivity contribution in [1.29, 1.82) is 0 Å². The normalized spacial score (nSPS) is 11.9. The molecule has 30 heavy (non-hydrogen) atoms. The van der Waals surface area contributed by atoms with E-state index in [0.717, 1.165) is 21.5 Å². The summed E-state index contributed by atoms with van der Waals surface area (Å²) in [5.74, 6) is -0.162. The van der Waals surface area contributed by atoms with Crippen molar-refractivity contribution < 1.29 is 9.72 Å². The summed E-state index contributed by atoms with van der Waals surface area (Å²) < 4.78 is 0. The smallest absolute Gasteiger partial charge is 0.269 e. The molecule has 2 aromatic carbocycles. The number of non-ortho nitro benzene ring substituents is 1. The van der Waals surface area contributed by atoms with E-state index in [1.807, 2.05) is 54.8 Å². The predicted molar refractivity (Wildman–Crippen MR) is 119 cm³/mol. The molecule has 2 aromatic heterocycles. The van der Waals surface area contributed by atoms with E-state index >= 15 is 0 Å². The van der Waals surface area contributed by atoms with E-state index < -0.39 is 4.92 Å². The van der Waals surface area contributed by atoms with Gasteiger partial charge in [-0.1, -0.05) is 36.4 Å². The number of nitro groups is 1. The number of rotatable bonds is 5. The minimum atomic E-state index is -0.429. The van der Waals surface area contributed by atoms with E-state index in [0.29, 0.717) is 11.1 Å². The molecule has 0 N–H and O–H groups in total. The number of hydrogen-bond acceptors (Lipinski definition) is 5. The molecule has 0 aliphatic heterocycles. The third-order valence-corrected chi connectivity index (χ3v) is 6.08. The lowest BCUT2D eigenvalue weighted by molar-refractivity contribution is -0.384. The Morgan fingerprint density at radius 2 is 1.90 bits per heavy atom. The van der Waals surface area contributed by atoms with Crippen LogP contribution in [-0.4, -0.2) is 27.8 Å². The highest BCUT2D eigenvalue weighted by Gasteiger charge is 2.23. The van der Waals surface area contributed by atoms with Crippen LogP contribution in [0.15, 0.2) is 72.1 Å². The van der Waals surface area contributed by atoms with E-state index in [2.05, 4.69) is 0 Å². The number of carbonyl (C=O) groups is 1. The Kier molecular flexibility index (Phi) is 5.29. The third kappa shape index (κ3) is 3.67. The monoisotopic (exact) mass is 417 g/mol. The first-order chi connectivity index (χ1) is 14.5. The van der Waals surface area contributed by atoms with Crippen LogP contribution in [0.25, 0.3) is 21.5 Å². The van der Waals surface area contributed by atoms with E-state index in [9.17, 15) is 14.9 Å². The van der Waals surface area contributed by atoms with Crippen LogP contribution in [0, 0.1) is 10.1 Å². The summed E-state index contributed by atoms with van der Waals surface area (Å²) in [6.07, 6.45) is 0. The number of aromatic nitrogens is 1. The van der Waals surface area contributed by atoms with Crippen molar-refractivity contribution in [3.05, 3.63) is 93.4 Å². The number of carbonyl (C=O) groups excluding carboxylic acids is 1. The van der Waals surface area contributed by atoms with E-state index in [4.69, 9.17) is 4.98 Å². The second kappa shape index (κ2) is 8.04. The Morgan fingerprint density at radius 1 is 1.10 bits per heavy atom. The van der Waals surface area contributed by atoms with Gasteiger partial charge < -0.3 is 4.90 Å². The molecule has 4 rings (SSSR count). The van der Waals surface area contributed by atoms with Crippen LogP contribution in [0.3, 0.4) is 0 Å². The zero-order chi connectivity index (χ0) is 21.3. The standard InChI is InChI=1S/C23H19N3O3S/c1-15(16-7-5-8-17(13-16)26(28)29)25(2)23(27)19-14-21(22-11-6-12-30-22)24-20-10-4-3-9-18(19)20/h3-15H,1-2H3. The Balaban J connectivity index is 1.75. The summed E-state index contributed by atoms with van der Waals surface area (Å²) in [4.78, 5) is 31.5. The lowest BCUT2D eigenvalue weighted by atomic mass is 10.0. The molecule has 0 saturated heterocycles. The van der Waals surface area contributed by atoms with Crippen LogP contribution in [0.2, 0.25) is 0 Å². The van der Waals surface area contributed by atoms with Crippen molar-refractivity contribution in [3.63, 3.8) is 0 Å². The quantitative estimate of drug-likeness (QED) is 0.308. The predicted octanol–water partition coefficient (Wildman–Crippen LogP) is 5.70. The maximum Gasteiger partial charge on any atom is 0.269 e. The van der Waals surface area contributed by atoms with E-state index in [1.165, 1.54) is 12.1 Å². The van der Waals surface area contributed by atoms with E-state index in [-0.39, 0.29) is 17.6 Å². The molecule has 0 aliphatic carbocycles. The topological polar surface area (TPSA) is 76.3 Å². The zero-order valence-corrected chi connectivity index (χ0v) is 17.3. The molecule has 0 aliphatic rings. The molecule has 0 fully saturated rings. The van der Waals surface area contributed by atoms with Gasteiger partial charge in [0.15, 0.2) is 0 Å². The largest absolute Gasteiger partial charge is 0.335 e. The van der Waals surface area contributed by atoms with Crippen molar-refractivity contribution in [2.45, 2.75) is 13.0 Å². The van der Waals surface area contributed by atoms with Crippen molar-refractivity contribution in [2.75, 3.05) is 7.05 Å². The Labute approximate surface area is 177 Å². The van der Waals surface area contributed by atoms with Crippen LogP contribution < -0.4 is 0 Å². The second-order valence-corrected chi connectivity index (χ2v) is 7.94. The number of nitro benzene ring substituents is 1. The highest BCUT2D eigenvalue weighted by atomic mass is 32.1. The number of benzene rings is 2. The fraction of sp³-hybridized carbons (Fsp3) is 0.130. The van der Waals surface area contributed by atoms with Gasteiger partial charge in [-0.15, -0.1) is 11.3 Å². The van der Waals surface area contributed by atoms with Crippen LogP contribution in [-0.2, 0) is 0 Å². The van der Waals surface area contributed by atoms with Gasteiger partial charge >= 0.3 is 0 Å². The summed E-state index contributed by atoms with van der Waals surface area (Å²) in [5.41, 5.74) is 2.78. The summed E-state index contributed by atoms with van der Waals surface area (Å²) in [6.45, 7) is 1.86. The average Bonchev–Trinajstić information content (AvgIpc) is 3.32. The van der Waals surface area contributed by atoms with Gasteiger partial charge in [-0.05, 0) is 36.1 Å². The Bertz CT molecular complexity index is 1240. The lowest BCUT2D eigenvalue weighted by Gasteiger charge is -2.26. The van der Waals surface area contributed by atoms with Gasteiger partial charge in [-0.25, -0.2) is 4.98 Å². The number of pyridine rings is 1. The molecule has 1 amide bonds. The second-order valence-electron chi connectivity index (χ2n) is 6.99. The number of fused-ring (bicyclic) bond motifs is 1. The highest BCUT2D eigenvalue weighted by molar-refractivity contribution is 7.13. The molecule has 0 bridgehead atoms. The van der Waals surface area contributed by atoms with Crippen molar-refractivity contribution in [3.8, 4) is 10.6 Å². The number of para-hydroxylation sites is 1. The van der Waals surface area contributed by atoms with Crippen LogP contribution in [0.5, 0.6) is 0 Å². The minimum Gasteiger partial charge on any atom is -0.335 e. The lowest BCUT2D eigenvalue weighted by Crippen LogP contribution is -2.30. The van der Waals surface area contributed by atoms with Gasteiger partial charge in [-0.3, -0.25) is 14.9 Å². The molecule has 0 radical (unpaired) electrons. The minimum absolute atomic E-state index is 0.00883. The Hall–Kier alpha value is -3.58. The summed E-state index contributed by atoms with van der Waals surface area (Å²) in [7, 11) is 1.71. The summed E-state index contributed by atoms with van der Waals surface area (Å²) >= 11 is 1.57. The molecule has 2 heterocycles. The number of thiophene rings is 1. The molecule has 7 heteroatoms. The molecule has 1 atom stereocenters. The summed E-state index contributed by atoms with van der Waals surface area (Å²) in [6, 6.07) is 19.4. The first kappa shape index (κ1) is 19.7.